The van der Waals surface area contributed by atoms with E-state index in [0.29, 0.717) is 17.5 Å². The lowest BCUT2D eigenvalue weighted by molar-refractivity contribution is 0.0695. The Morgan fingerprint density at radius 1 is 1.32 bits per heavy atom. The molecule has 0 aliphatic carbocycles. The van der Waals surface area contributed by atoms with Crippen molar-refractivity contribution in [3.8, 4) is 0 Å². The van der Waals surface area contributed by atoms with Gasteiger partial charge in [0.15, 0.2) is 5.16 Å². The number of carbonyl (C=O) groups is 1. The number of benzene rings is 1. The zero-order chi connectivity index (χ0) is 14.0. The Kier molecular flexibility index (Phi) is 3.75. The van der Waals surface area contributed by atoms with Crippen molar-refractivity contribution in [1.29, 1.82) is 0 Å². The molecule has 1 aromatic heterocycles. The Hall–Kier alpha value is -2.02. The Morgan fingerprint density at radius 2 is 1.95 bits per heavy atom. The zero-order valence-corrected chi connectivity index (χ0v) is 10.5. The number of nitrogens with zero attached hydrogens (tertiary/aromatic N) is 2. The Labute approximate surface area is 111 Å². The van der Waals surface area contributed by atoms with Gasteiger partial charge in [-0.1, -0.05) is 0 Å². The number of halogens is 2. The van der Waals surface area contributed by atoms with Crippen molar-refractivity contribution < 1.29 is 18.7 Å². The standard InChI is InChI=1S/C12H8F2N2O2S/c1-6-2-3-15-12(16-6)19-10-8(13)4-7(11(17)18)5-9(10)14/h2-5H,1H3,(H,17,18). The fourth-order valence-corrected chi connectivity index (χ4v) is 2.15. The van der Waals surface area contributed by atoms with Gasteiger partial charge >= 0.3 is 5.97 Å². The number of aromatic nitrogens is 2. The minimum atomic E-state index is -1.39. The smallest absolute Gasteiger partial charge is 0.335 e. The molecule has 1 N–H and O–H groups in total. The molecule has 1 heterocycles. The van der Waals surface area contributed by atoms with E-state index in [1.54, 1.807) is 13.0 Å². The molecule has 0 saturated carbocycles. The van der Waals surface area contributed by atoms with E-state index in [9.17, 15) is 13.6 Å². The third kappa shape index (κ3) is 3.05. The fraction of sp³-hybridized carbons (Fsp3) is 0.0833. The molecule has 7 heteroatoms. The lowest BCUT2D eigenvalue weighted by Gasteiger charge is -2.05. The van der Waals surface area contributed by atoms with E-state index in [2.05, 4.69) is 9.97 Å². The highest BCUT2D eigenvalue weighted by Gasteiger charge is 2.16. The maximum Gasteiger partial charge on any atom is 0.335 e. The van der Waals surface area contributed by atoms with Crippen molar-refractivity contribution in [1.82, 2.24) is 9.97 Å². The predicted molar refractivity (Wildman–Crippen MR) is 64.2 cm³/mol. The van der Waals surface area contributed by atoms with E-state index in [0.717, 1.165) is 12.1 Å². The molecular formula is C12H8F2N2O2S. The maximum atomic E-state index is 13.7. The number of carboxylic acids is 1. The number of rotatable bonds is 3. The van der Waals surface area contributed by atoms with Gasteiger partial charge < -0.3 is 5.11 Å². The second-order valence-electron chi connectivity index (χ2n) is 3.66. The molecule has 0 bridgehead atoms. The SMILES string of the molecule is Cc1ccnc(Sc2c(F)cc(C(=O)O)cc2F)n1. The first-order chi connectivity index (χ1) is 8.97. The largest absolute Gasteiger partial charge is 0.478 e. The molecule has 1 aromatic carbocycles. The number of aryl methyl sites for hydroxylation is 1. The number of hydrogen-bond acceptors (Lipinski definition) is 4. The molecule has 2 rings (SSSR count). The fourth-order valence-electron chi connectivity index (χ4n) is 1.35. The minimum absolute atomic E-state index is 0.195. The molecule has 0 aliphatic rings. The van der Waals surface area contributed by atoms with Crippen LogP contribution >= 0.6 is 11.8 Å². The first-order valence-corrected chi connectivity index (χ1v) is 5.99. The van der Waals surface area contributed by atoms with Crippen LogP contribution in [0, 0.1) is 18.6 Å². The van der Waals surface area contributed by atoms with E-state index in [4.69, 9.17) is 5.11 Å². The quantitative estimate of drug-likeness (QED) is 0.877. The summed E-state index contributed by atoms with van der Waals surface area (Å²) in [6.07, 6.45) is 1.48. The highest BCUT2D eigenvalue weighted by Crippen LogP contribution is 2.30. The second kappa shape index (κ2) is 5.31. The zero-order valence-electron chi connectivity index (χ0n) is 9.72. The Balaban J connectivity index is 2.38. The van der Waals surface area contributed by atoms with Gasteiger partial charge in [0.2, 0.25) is 0 Å². The van der Waals surface area contributed by atoms with Crippen LogP contribution in [0.4, 0.5) is 8.78 Å². The van der Waals surface area contributed by atoms with Gasteiger partial charge in [-0.2, -0.15) is 0 Å². The molecule has 0 fully saturated rings. The van der Waals surface area contributed by atoms with E-state index in [1.165, 1.54) is 6.20 Å². The first-order valence-electron chi connectivity index (χ1n) is 5.17. The van der Waals surface area contributed by atoms with E-state index in [-0.39, 0.29) is 10.1 Å². The van der Waals surface area contributed by atoms with E-state index in [1.807, 2.05) is 0 Å². The summed E-state index contributed by atoms with van der Waals surface area (Å²) in [5, 5.41) is 8.88. The van der Waals surface area contributed by atoms with Crippen LogP contribution < -0.4 is 0 Å². The minimum Gasteiger partial charge on any atom is -0.478 e. The lowest BCUT2D eigenvalue weighted by atomic mass is 10.2. The van der Waals surface area contributed by atoms with Crippen molar-refractivity contribution in [3.63, 3.8) is 0 Å². The van der Waals surface area contributed by atoms with E-state index < -0.39 is 23.2 Å². The average Bonchev–Trinajstić information content (AvgIpc) is 2.33. The van der Waals surface area contributed by atoms with Gasteiger partial charge in [0, 0.05) is 11.9 Å². The van der Waals surface area contributed by atoms with Crippen LogP contribution in [-0.4, -0.2) is 21.0 Å². The summed E-state index contributed by atoms with van der Waals surface area (Å²) in [5.41, 5.74) is 0.227. The molecule has 0 saturated heterocycles. The molecule has 0 radical (unpaired) electrons. The predicted octanol–water partition coefficient (Wildman–Crippen LogP) is 2.91. The number of aromatic carboxylic acids is 1. The van der Waals surface area contributed by atoms with Crippen LogP contribution in [0.2, 0.25) is 0 Å². The third-order valence-corrected chi connectivity index (χ3v) is 3.18. The van der Waals surface area contributed by atoms with Gasteiger partial charge in [0.1, 0.15) is 11.6 Å². The van der Waals surface area contributed by atoms with Crippen LogP contribution in [0.5, 0.6) is 0 Å². The normalized spacial score (nSPS) is 10.5. The van der Waals surface area contributed by atoms with Gasteiger partial charge in [-0.15, -0.1) is 0 Å². The Morgan fingerprint density at radius 3 is 2.47 bits per heavy atom. The molecule has 0 spiro atoms. The van der Waals surface area contributed by atoms with Crippen molar-refractivity contribution in [2.24, 2.45) is 0 Å². The van der Waals surface area contributed by atoms with Crippen LogP contribution in [0.1, 0.15) is 16.1 Å². The molecule has 0 unspecified atom stereocenters. The van der Waals surface area contributed by atoms with Crippen LogP contribution in [0.15, 0.2) is 34.4 Å². The molecular weight excluding hydrogens is 274 g/mol. The third-order valence-electron chi connectivity index (χ3n) is 2.21. The van der Waals surface area contributed by atoms with Gasteiger partial charge in [-0.25, -0.2) is 23.5 Å². The van der Waals surface area contributed by atoms with Crippen LogP contribution in [-0.2, 0) is 0 Å². The summed E-state index contributed by atoms with van der Waals surface area (Å²) in [4.78, 5) is 18.2. The summed E-state index contributed by atoms with van der Waals surface area (Å²) in [7, 11) is 0. The van der Waals surface area contributed by atoms with Gasteiger partial charge in [-0.05, 0) is 36.9 Å². The molecule has 4 nitrogen and oxygen atoms in total. The highest BCUT2D eigenvalue weighted by atomic mass is 32.2. The van der Waals surface area contributed by atoms with Gasteiger partial charge in [-0.3, -0.25) is 0 Å². The topological polar surface area (TPSA) is 63.1 Å². The maximum absolute atomic E-state index is 13.7. The Bertz CT molecular complexity index is 626. The molecule has 0 atom stereocenters. The number of hydrogen-bond donors (Lipinski definition) is 1. The van der Waals surface area contributed by atoms with Crippen molar-refractivity contribution in [2.45, 2.75) is 17.0 Å². The molecule has 0 amide bonds. The lowest BCUT2D eigenvalue weighted by Crippen LogP contribution is -2.00. The summed E-state index contributed by atoms with van der Waals surface area (Å²) in [6, 6.07) is 3.19. The molecule has 0 aliphatic heterocycles. The van der Waals surface area contributed by atoms with Crippen LogP contribution in [0.25, 0.3) is 0 Å². The van der Waals surface area contributed by atoms with Crippen LogP contribution in [0.3, 0.4) is 0 Å². The van der Waals surface area contributed by atoms with Gasteiger partial charge in [0.25, 0.3) is 0 Å². The van der Waals surface area contributed by atoms with E-state index >= 15 is 0 Å². The second-order valence-corrected chi connectivity index (χ2v) is 4.63. The van der Waals surface area contributed by atoms with Gasteiger partial charge in [0.05, 0.1) is 10.5 Å². The molecule has 98 valence electrons. The monoisotopic (exact) mass is 282 g/mol. The molecule has 2 aromatic rings. The molecule has 19 heavy (non-hydrogen) atoms. The summed E-state index contributed by atoms with van der Waals surface area (Å²) >= 11 is 0.710. The average molecular weight is 282 g/mol. The summed E-state index contributed by atoms with van der Waals surface area (Å²) in [6.45, 7) is 1.73. The summed E-state index contributed by atoms with van der Waals surface area (Å²) < 4.78 is 27.4. The number of carboxylic acid groups (broad SMARTS) is 1. The van der Waals surface area contributed by atoms with Crippen molar-refractivity contribution in [3.05, 3.63) is 47.3 Å². The van der Waals surface area contributed by atoms with Crippen molar-refractivity contribution in [2.75, 3.05) is 0 Å². The summed E-state index contributed by atoms with van der Waals surface area (Å²) in [5.74, 6) is -3.29. The first kappa shape index (κ1) is 13.4. The van der Waals surface area contributed by atoms with Crippen molar-refractivity contribution >= 4 is 17.7 Å². The highest BCUT2D eigenvalue weighted by molar-refractivity contribution is 7.99.